The van der Waals surface area contributed by atoms with Crippen molar-refractivity contribution in [3.8, 4) is 5.75 Å². The molecule has 1 aliphatic rings. The van der Waals surface area contributed by atoms with Crippen molar-refractivity contribution in [2.75, 3.05) is 18.5 Å². The van der Waals surface area contributed by atoms with Gasteiger partial charge in [0, 0.05) is 0 Å². The molecule has 0 fully saturated rings. The SMILES string of the molecule is CCOc1ccccc1NC(=O)CN1C(=O)c2ccccc2C1=O. The normalized spacial score (nSPS) is 13.0. The van der Waals surface area contributed by atoms with E-state index in [1.54, 1.807) is 48.5 Å². The van der Waals surface area contributed by atoms with Crippen molar-refractivity contribution < 1.29 is 19.1 Å². The lowest BCUT2D eigenvalue weighted by Gasteiger charge is -2.15. The molecule has 0 aliphatic carbocycles. The van der Waals surface area contributed by atoms with E-state index in [2.05, 4.69) is 5.32 Å². The number of ether oxygens (including phenoxy) is 1. The van der Waals surface area contributed by atoms with Crippen LogP contribution in [0, 0.1) is 0 Å². The lowest BCUT2D eigenvalue weighted by Crippen LogP contribution is -2.37. The molecule has 0 saturated heterocycles. The fourth-order valence-corrected chi connectivity index (χ4v) is 2.57. The molecule has 0 saturated carbocycles. The Morgan fingerprint density at radius 3 is 2.21 bits per heavy atom. The molecule has 1 N–H and O–H groups in total. The summed E-state index contributed by atoms with van der Waals surface area (Å²) >= 11 is 0. The zero-order valence-corrected chi connectivity index (χ0v) is 13.1. The van der Waals surface area contributed by atoms with E-state index in [-0.39, 0.29) is 6.54 Å². The van der Waals surface area contributed by atoms with Gasteiger partial charge in [0.2, 0.25) is 5.91 Å². The third kappa shape index (κ3) is 2.86. The number of para-hydroxylation sites is 2. The van der Waals surface area contributed by atoms with Crippen molar-refractivity contribution in [2.45, 2.75) is 6.92 Å². The molecule has 3 amide bonds. The third-order valence-electron chi connectivity index (χ3n) is 3.64. The number of hydrogen-bond acceptors (Lipinski definition) is 4. The van der Waals surface area contributed by atoms with E-state index in [0.717, 1.165) is 4.90 Å². The Kier molecular flexibility index (Phi) is 4.29. The van der Waals surface area contributed by atoms with Crippen molar-refractivity contribution in [1.82, 2.24) is 4.90 Å². The van der Waals surface area contributed by atoms with Crippen LogP contribution >= 0.6 is 0 Å². The Hall–Kier alpha value is -3.15. The van der Waals surface area contributed by atoms with Crippen molar-refractivity contribution in [3.05, 3.63) is 59.7 Å². The second kappa shape index (κ2) is 6.54. The summed E-state index contributed by atoms with van der Waals surface area (Å²) in [4.78, 5) is 37.7. The molecule has 1 heterocycles. The highest BCUT2D eigenvalue weighted by Gasteiger charge is 2.36. The van der Waals surface area contributed by atoms with Crippen LogP contribution in [0.2, 0.25) is 0 Å². The quantitative estimate of drug-likeness (QED) is 0.857. The molecule has 0 bridgehead atoms. The summed E-state index contributed by atoms with van der Waals surface area (Å²) in [5.41, 5.74) is 1.15. The molecule has 0 atom stereocenters. The minimum absolute atomic E-state index is 0.324. The van der Waals surface area contributed by atoms with Crippen LogP contribution in [-0.2, 0) is 4.79 Å². The first-order chi connectivity index (χ1) is 11.6. The highest BCUT2D eigenvalue weighted by atomic mass is 16.5. The topological polar surface area (TPSA) is 75.7 Å². The fourth-order valence-electron chi connectivity index (χ4n) is 2.57. The van der Waals surface area contributed by atoms with E-state index in [0.29, 0.717) is 29.2 Å². The van der Waals surface area contributed by atoms with Crippen molar-refractivity contribution in [3.63, 3.8) is 0 Å². The predicted molar refractivity (Wildman–Crippen MR) is 88.0 cm³/mol. The third-order valence-corrected chi connectivity index (χ3v) is 3.64. The number of benzene rings is 2. The molecule has 6 nitrogen and oxygen atoms in total. The van der Waals surface area contributed by atoms with Gasteiger partial charge >= 0.3 is 0 Å². The van der Waals surface area contributed by atoms with E-state index in [1.165, 1.54) is 0 Å². The smallest absolute Gasteiger partial charge is 0.262 e. The van der Waals surface area contributed by atoms with Gasteiger partial charge in [0.05, 0.1) is 23.4 Å². The Balaban J connectivity index is 1.73. The van der Waals surface area contributed by atoms with Crippen LogP contribution in [-0.4, -0.2) is 35.8 Å². The number of imide groups is 1. The molecule has 0 unspecified atom stereocenters. The summed E-state index contributed by atoms with van der Waals surface area (Å²) in [6, 6.07) is 13.5. The maximum atomic E-state index is 12.3. The molecule has 0 aromatic heterocycles. The van der Waals surface area contributed by atoms with E-state index >= 15 is 0 Å². The van der Waals surface area contributed by atoms with Crippen molar-refractivity contribution >= 4 is 23.4 Å². The average Bonchev–Trinajstić information content (AvgIpc) is 2.82. The van der Waals surface area contributed by atoms with Gasteiger partial charge in [0.15, 0.2) is 0 Å². The van der Waals surface area contributed by atoms with Crippen LogP contribution in [0.25, 0.3) is 0 Å². The van der Waals surface area contributed by atoms with Crippen LogP contribution in [0.3, 0.4) is 0 Å². The van der Waals surface area contributed by atoms with Crippen molar-refractivity contribution in [2.24, 2.45) is 0 Å². The molecule has 122 valence electrons. The van der Waals surface area contributed by atoms with Crippen LogP contribution in [0.5, 0.6) is 5.75 Å². The number of fused-ring (bicyclic) bond motifs is 1. The van der Waals surface area contributed by atoms with Gasteiger partial charge in [-0.2, -0.15) is 0 Å². The summed E-state index contributed by atoms with van der Waals surface area (Å²) in [5, 5.41) is 2.68. The second-order valence-electron chi connectivity index (χ2n) is 5.22. The summed E-state index contributed by atoms with van der Waals surface area (Å²) in [6.07, 6.45) is 0. The Morgan fingerprint density at radius 1 is 1.00 bits per heavy atom. The molecule has 1 aliphatic heterocycles. The van der Waals surface area contributed by atoms with Gasteiger partial charge in [0.25, 0.3) is 11.8 Å². The van der Waals surface area contributed by atoms with Gasteiger partial charge in [-0.3, -0.25) is 19.3 Å². The maximum Gasteiger partial charge on any atom is 0.262 e. The van der Waals surface area contributed by atoms with E-state index < -0.39 is 17.7 Å². The van der Waals surface area contributed by atoms with Gasteiger partial charge < -0.3 is 10.1 Å². The monoisotopic (exact) mass is 324 g/mol. The van der Waals surface area contributed by atoms with Gasteiger partial charge in [0.1, 0.15) is 12.3 Å². The van der Waals surface area contributed by atoms with Crippen LogP contribution in [0.15, 0.2) is 48.5 Å². The predicted octanol–water partition coefficient (Wildman–Crippen LogP) is 2.32. The first-order valence-electron chi connectivity index (χ1n) is 7.58. The molecule has 24 heavy (non-hydrogen) atoms. The van der Waals surface area contributed by atoms with E-state index in [4.69, 9.17) is 4.74 Å². The maximum absolute atomic E-state index is 12.3. The van der Waals surface area contributed by atoms with Gasteiger partial charge in [-0.1, -0.05) is 24.3 Å². The number of anilines is 1. The minimum atomic E-state index is -0.461. The van der Waals surface area contributed by atoms with E-state index in [9.17, 15) is 14.4 Å². The number of carbonyl (C=O) groups excluding carboxylic acids is 3. The van der Waals surface area contributed by atoms with Gasteiger partial charge in [-0.25, -0.2) is 0 Å². The summed E-state index contributed by atoms with van der Waals surface area (Å²) in [7, 11) is 0. The van der Waals surface area contributed by atoms with Crippen LogP contribution < -0.4 is 10.1 Å². The molecule has 3 rings (SSSR count). The number of nitrogens with zero attached hydrogens (tertiary/aromatic N) is 1. The summed E-state index contributed by atoms with van der Waals surface area (Å²) in [6.45, 7) is 1.97. The molecule has 2 aromatic carbocycles. The standard InChI is InChI=1S/C18H16N2O4/c1-2-24-15-10-6-5-9-14(15)19-16(21)11-20-17(22)12-7-3-4-8-13(12)18(20)23/h3-10H,2,11H2,1H3,(H,19,21). The number of amides is 3. The number of rotatable bonds is 5. The highest BCUT2D eigenvalue weighted by Crippen LogP contribution is 2.25. The average molecular weight is 324 g/mol. The number of carbonyl (C=O) groups is 3. The Morgan fingerprint density at radius 2 is 1.58 bits per heavy atom. The molecule has 0 spiro atoms. The second-order valence-corrected chi connectivity index (χ2v) is 5.22. The lowest BCUT2D eigenvalue weighted by molar-refractivity contribution is -0.116. The minimum Gasteiger partial charge on any atom is -0.492 e. The Labute approximate surface area is 139 Å². The van der Waals surface area contributed by atoms with E-state index in [1.807, 2.05) is 6.92 Å². The zero-order valence-electron chi connectivity index (χ0n) is 13.1. The molecule has 0 radical (unpaired) electrons. The largest absolute Gasteiger partial charge is 0.492 e. The van der Waals surface area contributed by atoms with Crippen molar-refractivity contribution in [1.29, 1.82) is 0 Å². The molecule has 6 heteroatoms. The summed E-state index contributed by atoms with van der Waals surface area (Å²) in [5.74, 6) is -0.833. The number of nitrogens with one attached hydrogen (secondary N) is 1. The van der Waals surface area contributed by atoms with Gasteiger partial charge in [-0.15, -0.1) is 0 Å². The molecular formula is C18H16N2O4. The first-order valence-corrected chi connectivity index (χ1v) is 7.58. The molecule has 2 aromatic rings. The van der Waals surface area contributed by atoms with Crippen LogP contribution in [0.1, 0.15) is 27.6 Å². The number of hydrogen-bond donors (Lipinski definition) is 1. The van der Waals surface area contributed by atoms with Gasteiger partial charge in [-0.05, 0) is 31.2 Å². The Bertz CT molecular complexity index is 781. The summed E-state index contributed by atoms with van der Waals surface area (Å²) < 4.78 is 5.44. The first kappa shape index (κ1) is 15.7. The van der Waals surface area contributed by atoms with Crippen LogP contribution in [0.4, 0.5) is 5.69 Å². The zero-order chi connectivity index (χ0) is 17.1. The molecular weight excluding hydrogens is 308 g/mol. The lowest BCUT2D eigenvalue weighted by atomic mass is 10.1. The highest BCUT2D eigenvalue weighted by molar-refractivity contribution is 6.22. The fraction of sp³-hybridized carbons (Fsp3) is 0.167.